The summed E-state index contributed by atoms with van der Waals surface area (Å²) in [6.45, 7) is 19.0. The molecule has 194 valence electrons. The molecule has 0 aliphatic heterocycles. The van der Waals surface area contributed by atoms with Crippen LogP contribution in [-0.4, -0.2) is 33.8 Å². The number of benzene rings is 3. The van der Waals surface area contributed by atoms with Gasteiger partial charge in [-0.2, -0.15) is 0 Å². The van der Waals surface area contributed by atoms with Crippen LogP contribution in [0.25, 0.3) is 0 Å². The van der Waals surface area contributed by atoms with Crippen LogP contribution >= 0.6 is 0 Å². The Morgan fingerprint density at radius 1 is 0.500 bits per heavy atom. The van der Waals surface area contributed by atoms with Crippen LogP contribution < -0.4 is 15.6 Å². The van der Waals surface area contributed by atoms with Gasteiger partial charge in [-0.25, -0.2) is 0 Å². The molecule has 3 nitrogen and oxygen atoms in total. The molecule has 0 bridgehead atoms. The molecule has 0 spiro atoms. The molecule has 0 fully saturated rings. The Morgan fingerprint density at radius 2 is 0.806 bits per heavy atom. The number of hydrogen-bond acceptors (Lipinski definition) is 3. The second-order valence-corrected chi connectivity index (χ2v) is 24.2. The Labute approximate surface area is 224 Å². The molecule has 0 N–H and O–H groups in total. The van der Waals surface area contributed by atoms with Crippen LogP contribution in [0.2, 0.25) is 32.7 Å². The van der Waals surface area contributed by atoms with Crippen molar-refractivity contribution < 1.29 is 12.3 Å². The predicted molar refractivity (Wildman–Crippen MR) is 168 cm³/mol. The number of hydrogen-bond donors (Lipinski definition) is 0. The summed E-state index contributed by atoms with van der Waals surface area (Å²) in [5, 5.41) is 3.33. The van der Waals surface area contributed by atoms with Crippen molar-refractivity contribution >= 4 is 49.3 Å². The van der Waals surface area contributed by atoms with Gasteiger partial charge in [0.1, 0.15) is 0 Å². The van der Waals surface area contributed by atoms with E-state index in [9.17, 15) is 0 Å². The zero-order chi connectivity index (χ0) is 24.9. The van der Waals surface area contributed by atoms with Gasteiger partial charge in [-0.1, -0.05) is 117 Å². The second-order valence-electron chi connectivity index (χ2n) is 9.61. The van der Waals surface area contributed by atoms with E-state index in [1.165, 1.54) is 10.4 Å². The highest BCUT2D eigenvalue weighted by atomic mass is 28.5. The highest BCUT2D eigenvalue weighted by Gasteiger charge is 2.55. The molecule has 0 atom stereocenters. The molecular formula is C29H44O3Si4. The van der Waals surface area contributed by atoms with Crippen molar-refractivity contribution in [2.45, 2.75) is 47.6 Å². The molecule has 0 saturated carbocycles. The van der Waals surface area contributed by atoms with Crippen LogP contribution in [0.1, 0.15) is 14.9 Å². The van der Waals surface area contributed by atoms with Crippen molar-refractivity contribution in [3.05, 3.63) is 116 Å². The minimum Gasteiger partial charge on any atom is -0.409 e. The topological polar surface area (TPSA) is 27.7 Å². The zero-order valence-electron chi connectivity index (χ0n) is 21.0. The van der Waals surface area contributed by atoms with E-state index in [1.807, 2.05) is 41.7 Å². The van der Waals surface area contributed by atoms with E-state index in [0.717, 1.165) is 5.19 Å². The van der Waals surface area contributed by atoms with Crippen molar-refractivity contribution in [2.75, 3.05) is 0 Å². The van der Waals surface area contributed by atoms with E-state index in [-0.39, 0.29) is 14.9 Å². The van der Waals surface area contributed by atoms with Crippen molar-refractivity contribution in [3.63, 3.8) is 0 Å². The molecule has 36 heavy (non-hydrogen) atoms. The minimum absolute atomic E-state index is 0. The molecule has 3 aromatic rings. The van der Waals surface area contributed by atoms with E-state index < -0.39 is 33.8 Å². The summed E-state index contributed by atoms with van der Waals surface area (Å²) in [6, 6.07) is 31.3. The fourth-order valence-corrected chi connectivity index (χ4v) is 18.7. The summed E-state index contributed by atoms with van der Waals surface area (Å²) in [7, 11) is -10.8. The molecule has 0 aromatic heterocycles. The van der Waals surface area contributed by atoms with Gasteiger partial charge < -0.3 is 12.3 Å². The Hall–Kier alpha value is -2.11. The molecular weight excluding hydrogens is 509 g/mol. The molecule has 3 aromatic carbocycles. The first-order valence-corrected chi connectivity index (χ1v) is 21.7. The SMILES string of the molecule is C.C.C=C[Si](C)(C)O[Si](O[Si](C)(C)C=C)(O[Si](C)(c1ccccc1)c1ccccc1)c1ccccc1. The summed E-state index contributed by atoms with van der Waals surface area (Å²) in [6.07, 6.45) is 0. The third-order valence-corrected chi connectivity index (χ3v) is 20.8. The maximum atomic E-state index is 7.47. The van der Waals surface area contributed by atoms with Gasteiger partial charge >= 0.3 is 8.80 Å². The van der Waals surface area contributed by atoms with Crippen LogP contribution in [0.15, 0.2) is 116 Å². The van der Waals surface area contributed by atoms with Crippen LogP contribution in [0.4, 0.5) is 0 Å². The summed E-state index contributed by atoms with van der Waals surface area (Å²) >= 11 is 0. The fraction of sp³-hybridized carbons (Fsp3) is 0.241. The van der Waals surface area contributed by atoms with Crippen molar-refractivity contribution in [1.82, 2.24) is 0 Å². The highest BCUT2D eigenvalue weighted by Crippen LogP contribution is 2.27. The standard InChI is InChI=1S/C27H36O3Si4.2CH4/c1-8-31(3,4)28-34(29-32(5,6)9-2,27-23-17-12-18-24-27)30-33(7,25-19-13-10-14-20-25)26-21-15-11-16-22-26;;/h8-24H,1-2H2,3-7H3;2*1H4. The lowest BCUT2D eigenvalue weighted by atomic mass is 10.4. The van der Waals surface area contributed by atoms with Gasteiger partial charge in [-0.05, 0) is 43.1 Å². The smallest absolute Gasteiger partial charge is 0.409 e. The van der Waals surface area contributed by atoms with E-state index >= 15 is 0 Å². The lowest BCUT2D eigenvalue weighted by Crippen LogP contribution is -2.73. The van der Waals surface area contributed by atoms with Crippen LogP contribution in [-0.2, 0) is 12.3 Å². The molecule has 0 heterocycles. The minimum atomic E-state index is -3.44. The van der Waals surface area contributed by atoms with Gasteiger partial charge in [0.25, 0.3) is 0 Å². The molecule has 0 amide bonds. The first-order chi connectivity index (χ1) is 16.1. The van der Waals surface area contributed by atoms with Crippen molar-refractivity contribution in [1.29, 1.82) is 0 Å². The summed E-state index contributed by atoms with van der Waals surface area (Å²) in [5.74, 6) is 0. The van der Waals surface area contributed by atoms with Crippen molar-refractivity contribution in [3.8, 4) is 0 Å². The summed E-state index contributed by atoms with van der Waals surface area (Å²) in [5.41, 5.74) is 3.91. The van der Waals surface area contributed by atoms with Gasteiger partial charge in [0.05, 0.1) is 0 Å². The highest BCUT2D eigenvalue weighted by molar-refractivity contribution is 7.05. The Bertz CT molecular complexity index is 1030. The van der Waals surface area contributed by atoms with Gasteiger partial charge in [0.15, 0.2) is 0 Å². The predicted octanol–water partition coefficient (Wildman–Crippen LogP) is 6.40. The monoisotopic (exact) mass is 552 g/mol. The summed E-state index contributed by atoms with van der Waals surface area (Å²) in [4.78, 5) is 0. The van der Waals surface area contributed by atoms with Crippen LogP contribution in [0, 0.1) is 0 Å². The average Bonchev–Trinajstić information content (AvgIpc) is 2.85. The molecule has 0 unspecified atom stereocenters. The van der Waals surface area contributed by atoms with Gasteiger partial charge in [0, 0.05) is 5.19 Å². The Balaban J connectivity index is 0.00000324. The Morgan fingerprint density at radius 3 is 1.11 bits per heavy atom. The first-order valence-electron chi connectivity index (χ1n) is 11.6. The molecule has 0 radical (unpaired) electrons. The third kappa shape index (κ3) is 7.45. The van der Waals surface area contributed by atoms with Gasteiger partial charge in [-0.15, -0.1) is 13.2 Å². The maximum Gasteiger partial charge on any atom is 0.506 e. The second kappa shape index (κ2) is 12.9. The largest absolute Gasteiger partial charge is 0.506 e. The zero-order valence-corrected chi connectivity index (χ0v) is 25.0. The van der Waals surface area contributed by atoms with Crippen LogP contribution in [0.3, 0.4) is 0 Å². The maximum absolute atomic E-state index is 7.47. The van der Waals surface area contributed by atoms with Gasteiger partial charge in [0.2, 0.25) is 25.0 Å². The van der Waals surface area contributed by atoms with E-state index in [1.54, 1.807) is 0 Å². The lowest BCUT2D eigenvalue weighted by Gasteiger charge is -2.44. The molecule has 7 heteroatoms. The molecule has 0 aliphatic carbocycles. The fourth-order valence-electron chi connectivity index (χ4n) is 3.72. The molecule has 0 aliphatic rings. The van der Waals surface area contributed by atoms with Crippen molar-refractivity contribution in [2.24, 2.45) is 0 Å². The lowest BCUT2D eigenvalue weighted by molar-refractivity contribution is 0.278. The summed E-state index contributed by atoms with van der Waals surface area (Å²) < 4.78 is 21.6. The van der Waals surface area contributed by atoms with Crippen LogP contribution in [0.5, 0.6) is 0 Å². The molecule has 3 rings (SSSR count). The van der Waals surface area contributed by atoms with E-state index in [2.05, 4.69) is 107 Å². The quantitative estimate of drug-likeness (QED) is 0.257. The number of rotatable bonds is 11. The Kier molecular flexibility index (Phi) is 11.4. The van der Waals surface area contributed by atoms with E-state index in [4.69, 9.17) is 12.3 Å². The first kappa shape index (κ1) is 31.9. The average molecular weight is 553 g/mol. The van der Waals surface area contributed by atoms with E-state index in [0.29, 0.717) is 0 Å². The normalized spacial score (nSPS) is 12.1. The molecule has 0 saturated heterocycles. The van der Waals surface area contributed by atoms with Gasteiger partial charge in [-0.3, -0.25) is 0 Å². The third-order valence-electron chi connectivity index (χ3n) is 5.89.